The number of nitrogens with two attached hydrogens (primary N) is 1. The van der Waals surface area contributed by atoms with E-state index in [4.69, 9.17) is 5.73 Å². The van der Waals surface area contributed by atoms with Crippen LogP contribution < -0.4 is 5.73 Å². The van der Waals surface area contributed by atoms with Gasteiger partial charge in [0, 0.05) is 6.04 Å². The minimum Gasteiger partial charge on any atom is -0.323 e. The van der Waals surface area contributed by atoms with Crippen molar-refractivity contribution in [1.29, 1.82) is 0 Å². The first kappa shape index (κ1) is 12.6. The van der Waals surface area contributed by atoms with Gasteiger partial charge < -0.3 is 5.73 Å². The average Bonchev–Trinajstić information content (AvgIpc) is 2.65. The SMILES string of the molecule is CCCC(C)C(N)c1snnc1C(C)C. The van der Waals surface area contributed by atoms with Crippen LogP contribution in [0.5, 0.6) is 0 Å². The Hall–Kier alpha value is -0.480. The zero-order valence-corrected chi connectivity index (χ0v) is 10.8. The van der Waals surface area contributed by atoms with E-state index in [1.54, 1.807) is 0 Å². The lowest BCUT2D eigenvalue weighted by atomic mass is 9.94. The Morgan fingerprint density at radius 3 is 2.53 bits per heavy atom. The molecule has 1 aromatic rings. The first-order valence-electron chi connectivity index (χ1n) is 5.65. The summed E-state index contributed by atoms with van der Waals surface area (Å²) in [6, 6.07) is 0.0994. The van der Waals surface area contributed by atoms with Crippen molar-refractivity contribution in [1.82, 2.24) is 9.59 Å². The fourth-order valence-electron chi connectivity index (χ4n) is 1.73. The van der Waals surface area contributed by atoms with Crippen molar-refractivity contribution < 1.29 is 0 Å². The molecule has 3 nitrogen and oxygen atoms in total. The predicted molar refractivity (Wildman–Crippen MR) is 65.0 cm³/mol. The molecule has 86 valence electrons. The van der Waals surface area contributed by atoms with Gasteiger partial charge in [-0.25, -0.2) is 0 Å². The Morgan fingerprint density at radius 2 is 2.00 bits per heavy atom. The molecule has 0 aliphatic rings. The summed E-state index contributed by atoms with van der Waals surface area (Å²) in [5.41, 5.74) is 7.32. The molecular weight excluding hydrogens is 206 g/mol. The van der Waals surface area contributed by atoms with Crippen LogP contribution in [0.2, 0.25) is 0 Å². The molecule has 0 bridgehead atoms. The number of aromatic nitrogens is 2. The van der Waals surface area contributed by atoms with Gasteiger partial charge in [0.15, 0.2) is 0 Å². The number of hydrogen-bond donors (Lipinski definition) is 1. The molecule has 0 aliphatic heterocycles. The Morgan fingerprint density at radius 1 is 1.33 bits per heavy atom. The highest BCUT2D eigenvalue weighted by molar-refractivity contribution is 7.05. The summed E-state index contributed by atoms with van der Waals surface area (Å²) < 4.78 is 4.02. The van der Waals surface area contributed by atoms with E-state index < -0.39 is 0 Å². The average molecular weight is 227 g/mol. The summed E-state index contributed by atoms with van der Waals surface area (Å²) in [6.45, 7) is 8.67. The Labute approximate surface area is 96.2 Å². The topological polar surface area (TPSA) is 51.8 Å². The molecule has 2 atom stereocenters. The normalized spacial score (nSPS) is 15.6. The third-order valence-electron chi connectivity index (χ3n) is 2.75. The zero-order valence-electron chi connectivity index (χ0n) is 10.0. The molecule has 0 spiro atoms. The predicted octanol–water partition coefficient (Wildman–Crippen LogP) is 3.10. The van der Waals surface area contributed by atoms with Gasteiger partial charge in [-0.1, -0.05) is 38.6 Å². The number of nitrogens with zero attached hydrogens (tertiary/aromatic N) is 2. The molecule has 1 aromatic heterocycles. The maximum Gasteiger partial charge on any atom is 0.0829 e. The van der Waals surface area contributed by atoms with Crippen LogP contribution in [0.1, 0.15) is 63.1 Å². The lowest BCUT2D eigenvalue weighted by Gasteiger charge is -2.19. The van der Waals surface area contributed by atoms with E-state index in [-0.39, 0.29) is 6.04 Å². The molecule has 0 saturated carbocycles. The van der Waals surface area contributed by atoms with Crippen LogP contribution in [0.3, 0.4) is 0 Å². The van der Waals surface area contributed by atoms with Crippen molar-refractivity contribution in [2.75, 3.05) is 0 Å². The van der Waals surface area contributed by atoms with Crippen LogP contribution in [0.4, 0.5) is 0 Å². The van der Waals surface area contributed by atoms with Gasteiger partial charge in [0.05, 0.1) is 10.6 Å². The minimum atomic E-state index is 0.0994. The van der Waals surface area contributed by atoms with Gasteiger partial charge in [-0.2, -0.15) is 0 Å². The largest absolute Gasteiger partial charge is 0.323 e. The lowest BCUT2D eigenvalue weighted by Crippen LogP contribution is -2.19. The molecule has 0 fully saturated rings. The summed E-state index contributed by atoms with van der Waals surface area (Å²) in [5, 5.41) is 4.17. The van der Waals surface area contributed by atoms with Crippen LogP contribution >= 0.6 is 11.5 Å². The highest BCUT2D eigenvalue weighted by Crippen LogP contribution is 2.30. The summed E-state index contributed by atoms with van der Waals surface area (Å²) >= 11 is 1.45. The van der Waals surface area contributed by atoms with E-state index in [9.17, 15) is 0 Å². The standard InChI is InChI=1S/C11H21N3S/c1-5-6-8(4)9(12)11-10(7(2)3)13-14-15-11/h7-9H,5-6,12H2,1-4H3. The third-order valence-corrected chi connectivity index (χ3v) is 3.59. The van der Waals surface area contributed by atoms with Crippen molar-refractivity contribution in [3.63, 3.8) is 0 Å². The minimum absolute atomic E-state index is 0.0994. The second-order valence-corrected chi connectivity index (χ2v) is 5.25. The van der Waals surface area contributed by atoms with Crippen molar-refractivity contribution in [3.8, 4) is 0 Å². The molecule has 0 saturated heterocycles. The quantitative estimate of drug-likeness (QED) is 0.841. The lowest BCUT2D eigenvalue weighted by molar-refractivity contribution is 0.435. The van der Waals surface area contributed by atoms with Crippen molar-refractivity contribution in [2.45, 2.75) is 52.5 Å². The van der Waals surface area contributed by atoms with E-state index in [0.717, 1.165) is 12.1 Å². The number of rotatable bonds is 5. The molecule has 0 radical (unpaired) electrons. The number of hydrogen-bond acceptors (Lipinski definition) is 4. The van der Waals surface area contributed by atoms with Crippen molar-refractivity contribution in [2.24, 2.45) is 11.7 Å². The second kappa shape index (κ2) is 5.56. The molecule has 1 heterocycles. The van der Waals surface area contributed by atoms with E-state index in [1.807, 2.05) is 0 Å². The van der Waals surface area contributed by atoms with Gasteiger partial charge in [-0.3, -0.25) is 0 Å². The first-order chi connectivity index (χ1) is 7.07. The van der Waals surface area contributed by atoms with Crippen LogP contribution in [0.25, 0.3) is 0 Å². The van der Waals surface area contributed by atoms with Gasteiger partial charge in [0.2, 0.25) is 0 Å². The van der Waals surface area contributed by atoms with E-state index in [0.29, 0.717) is 11.8 Å². The van der Waals surface area contributed by atoms with Gasteiger partial charge in [-0.05, 0) is 29.8 Å². The monoisotopic (exact) mass is 227 g/mol. The summed E-state index contributed by atoms with van der Waals surface area (Å²) in [7, 11) is 0. The molecule has 4 heteroatoms. The van der Waals surface area contributed by atoms with Gasteiger partial charge in [0.25, 0.3) is 0 Å². The highest BCUT2D eigenvalue weighted by Gasteiger charge is 2.22. The van der Waals surface area contributed by atoms with Crippen molar-refractivity contribution in [3.05, 3.63) is 10.6 Å². The van der Waals surface area contributed by atoms with Crippen LogP contribution in [0, 0.1) is 5.92 Å². The highest BCUT2D eigenvalue weighted by atomic mass is 32.1. The molecule has 0 amide bonds. The molecular formula is C11H21N3S. The van der Waals surface area contributed by atoms with Gasteiger partial charge in [0.1, 0.15) is 0 Å². The molecule has 0 aliphatic carbocycles. The first-order valence-corrected chi connectivity index (χ1v) is 6.43. The van der Waals surface area contributed by atoms with E-state index in [1.165, 1.54) is 22.8 Å². The Balaban J connectivity index is 2.81. The fourth-order valence-corrected chi connectivity index (χ4v) is 2.67. The van der Waals surface area contributed by atoms with Gasteiger partial charge in [-0.15, -0.1) is 5.10 Å². The molecule has 1 rings (SSSR count). The van der Waals surface area contributed by atoms with Crippen LogP contribution in [-0.2, 0) is 0 Å². The van der Waals surface area contributed by atoms with E-state index >= 15 is 0 Å². The Kier molecular flexibility index (Phi) is 4.67. The maximum absolute atomic E-state index is 6.24. The Bertz CT molecular complexity index is 296. The zero-order chi connectivity index (χ0) is 11.4. The van der Waals surface area contributed by atoms with Crippen LogP contribution in [0.15, 0.2) is 0 Å². The maximum atomic E-state index is 6.24. The molecule has 2 unspecified atom stereocenters. The molecule has 0 aromatic carbocycles. The summed E-state index contributed by atoms with van der Waals surface area (Å²) in [5.74, 6) is 0.924. The second-order valence-electron chi connectivity index (χ2n) is 4.47. The summed E-state index contributed by atoms with van der Waals surface area (Å²) in [6.07, 6.45) is 2.34. The van der Waals surface area contributed by atoms with Crippen LogP contribution in [-0.4, -0.2) is 9.59 Å². The van der Waals surface area contributed by atoms with Crippen molar-refractivity contribution >= 4 is 11.5 Å². The smallest absolute Gasteiger partial charge is 0.0829 e. The third kappa shape index (κ3) is 2.98. The van der Waals surface area contributed by atoms with Gasteiger partial charge >= 0.3 is 0 Å². The fraction of sp³-hybridized carbons (Fsp3) is 0.818. The molecule has 2 N–H and O–H groups in total. The molecule has 15 heavy (non-hydrogen) atoms. The van der Waals surface area contributed by atoms with E-state index in [2.05, 4.69) is 37.3 Å². The summed E-state index contributed by atoms with van der Waals surface area (Å²) in [4.78, 5) is 1.17.